The summed E-state index contributed by atoms with van der Waals surface area (Å²) in [6.45, 7) is 0. The number of halogens is 1. The lowest BCUT2D eigenvalue weighted by atomic mass is 10.3. The van der Waals surface area contributed by atoms with Gasteiger partial charge in [-0.2, -0.15) is 4.98 Å². The summed E-state index contributed by atoms with van der Waals surface area (Å²) in [4.78, 5) is 12.4. The summed E-state index contributed by atoms with van der Waals surface area (Å²) in [6.07, 6.45) is 3.27. The molecule has 0 aliphatic rings. The minimum atomic E-state index is 0.328. The van der Waals surface area contributed by atoms with Gasteiger partial charge < -0.3 is 4.52 Å². The Morgan fingerprint density at radius 3 is 2.67 bits per heavy atom. The molecule has 0 saturated carbocycles. The second-order valence-corrected chi connectivity index (χ2v) is 3.84. The van der Waals surface area contributed by atoms with Crippen molar-refractivity contribution >= 4 is 11.6 Å². The molecule has 0 radical (unpaired) electrons. The van der Waals surface area contributed by atoms with Gasteiger partial charge in [0, 0.05) is 12.4 Å². The first kappa shape index (κ1) is 10.9. The van der Waals surface area contributed by atoms with Gasteiger partial charge in [-0.3, -0.25) is 4.98 Å². The molecule has 3 aromatic heterocycles. The van der Waals surface area contributed by atoms with E-state index < -0.39 is 0 Å². The predicted octanol–water partition coefficient (Wildman–Crippen LogP) is 2.85. The Kier molecular flexibility index (Phi) is 2.74. The molecule has 0 aliphatic heterocycles. The van der Waals surface area contributed by atoms with E-state index in [4.69, 9.17) is 16.1 Å². The number of hydrogen-bond donors (Lipinski definition) is 0. The molecule has 0 atom stereocenters. The van der Waals surface area contributed by atoms with E-state index in [0.29, 0.717) is 28.1 Å². The van der Waals surface area contributed by atoms with E-state index in [-0.39, 0.29) is 0 Å². The maximum absolute atomic E-state index is 5.96. The Balaban J connectivity index is 2.03. The van der Waals surface area contributed by atoms with Gasteiger partial charge in [0.1, 0.15) is 10.8 Å². The summed E-state index contributed by atoms with van der Waals surface area (Å²) in [5.41, 5.74) is 1.25. The molecule has 88 valence electrons. The number of hydrogen-bond acceptors (Lipinski definition) is 5. The summed E-state index contributed by atoms with van der Waals surface area (Å²) < 4.78 is 5.16. The Bertz CT molecular complexity index is 669. The molecule has 6 heteroatoms. The summed E-state index contributed by atoms with van der Waals surface area (Å²) in [6, 6.07) is 9.01. The van der Waals surface area contributed by atoms with Crippen LogP contribution in [0.15, 0.2) is 47.2 Å². The van der Waals surface area contributed by atoms with Crippen molar-refractivity contribution in [1.29, 1.82) is 0 Å². The SMILES string of the molecule is Clc1ncccc1-c1nc(-c2ccccn2)no1. The van der Waals surface area contributed by atoms with Crippen LogP contribution < -0.4 is 0 Å². The fraction of sp³-hybridized carbons (Fsp3) is 0. The molecule has 0 aliphatic carbocycles. The van der Waals surface area contributed by atoms with Crippen LogP contribution in [0.5, 0.6) is 0 Å². The Hall–Kier alpha value is -2.27. The zero-order valence-electron chi connectivity index (χ0n) is 9.12. The van der Waals surface area contributed by atoms with Crippen LogP contribution in [0.1, 0.15) is 0 Å². The van der Waals surface area contributed by atoms with Gasteiger partial charge in [0.05, 0.1) is 5.56 Å². The molecule has 5 nitrogen and oxygen atoms in total. The highest BCUT2D eigenvalue weighted by molar-refractivity contribution is 6.31. The van der Waals surface area contributed by atoms with Crippen LogP contribution in [0.4, 0.5) is 0 Å². The molecule has 18 heavy (non-hydrogen) atoms. The van der Waals surface area contributed by atoms with E-state index in [0.717, 1.165) is 0 Å². The van der Waals surface area contributed by atoms with Gasteiger partial charge in [0.15, 0.2) is 0 Å². The molecule has 3 rings (SSSR count). The zero-order chi connectivity index (χ0) is 12.4. The van der Waals surface area contributed by atoms with Crippen molar-refractivity contribution in [2.45, 2.75) is 0 Å². The quantitative estimate of drug-likeness (QED) is 0.661. The first-order chi connectivity index (χ1) is 8.84. The van der Waals surface area contributed by atoms with Crippen molar-refractivity contribution in [3.8, 4) is 23.0 Å². The number of rotatable bonds is 2. The molecule has 0 N–H and O–H groups in total. The van der Waals surface area contributed by atoms with Gasteiger partial charge in [0.25, 0.3) is 5.89 Å². The second kappa shape index (κ2) is 4.54. The molecule has 0 fully saturated rings. The fourth-order valence-electron chi connectivity index (χ4n) is 1.48. The van der Waals surface area contributed by atoms with Gasteiger partial charge in [-0.05, 0) is 24.3 Å². The van der Waals surface area contributed by atoms with Gasteiger partial charge in [-0.25, -0.2) is 4.98 Å². The van der Waals surface area contributed by atoms with Crippen molar-refractivity contribution < 1.29 is 4.52 Å². The molecular formula is C12H7ClN4O. The van der Waals surface area contributed by atoms with Crippen molar-refractivity contribution in [2.75, 3.05) is 0 Å². The van der Waals surface area contributed by atoms with Crippen LogP contribution in [0.25, 0.3) is 23.0 Å². The number of nitrogens with zero attached hydrogens (tertiary/aromatic N) is 4. The molecule has 0 aromatic carbocycles. The van der Waals surface area contributed by atoms with Crippen LogP contribution in [-0.4, -0.2) is 20.1 Å². The normalized spacial score (nSPS) is 10.5. The predicted molar refractivity (Wildman–Crippen MR) is 65.8 cm³/mol. The lowest BCUT2D eigenvalue weighted by Crippen LogP contribution is -1.85. The fourth-order valence-corrected chi connectivity index (χ4v) is 1.68. The minimum Gasteiger partial charge on any atom is -0.333 e. The summed E-state index contributed by atoms with van der Waals surface area (Å²) >= 11 is 5.96. The van der Waals surface area contributed by atoms with Crippen molar-refractivity contribution in [3.63, 3.8) is 0 Å². The van der Waals surface area contributed by atoms with Crippen LogP contribution in [0.2, 0.25) is 5.15 Å². The van der Waals surface area contributed by atoms with E-state index in [1.54, 1.807) is 30.6 Å². The zero-order valence-corrected chi connectivity index (χ0v) is 9.87. The third-order valence-electron chi connectivity index (χ3n) is 2.31. The topological polar surface area (TPSA) is 64.7 Å². The van der Waals surface area contributed by atoms with Gasteiger partial charge in [-0.1, -0.05) is 22.8 Å². The highest BCUT2D eigenvalue weighted by atomic mass is 35.5. The van der Waals surface area contributed by atoms with Crippen LogP contribution >= 0.6 is 11.6 Å². The molecule has 0 spiro atoms. The largest absolute Gasteiger partial charge is 0.333 e. The third kappa shape index (κ3) is 1.96. The molecule has 3 heterocycles. The molecule has 0 bridgehead atoms. The van der Waals surface area contributed by atoms with E-state index in [9.17, 15) is 0 Å². The number of pyridine rings is 2. The Morgan fingerprint density at radius 2 is 1.89 bits per heavy atom. The Labute approximate surface area is 107 Å². The summed E-state index contributed by atoms with van der Waals surface area (Å²) in [7, 11) is 0. The maximum Gasteiger partial charge on any atom is 0.261 e. The van der Waals surface area contributed by atoms with Crippen LogP contribution in [0.3, 0.4) is 0 Å². The Morgan fingerprint density at radius 1 is 1.00 bits per heavy atom. The summed E-state index contributed by atoms with van der Waals surface area (Å²) in [5, 5.41) is 4.20. The molecule has 0 unspecified atom stereocenters. The van der Waals surface area contributed by atoms with E-state index in [1.165, 1.54) is 0 Å². The number of aromatic nitrogens is 4. The summed E-state index contributed by atoms with van der Waals surface area (Å²) in [5.74, 6) is 0.749. The van der Waals surface area contributed by atoms with E-state index >= 15 is 0 Å². The highest BCUT2D eigenvalue weighted by Gasteiger charge is 2.13. The molecule has 3 aromatic rings. The highest BCUT2D eigenvalue weighted by Crippen LogP contribution is 2.25. The monoisotopic (exact) mass is 258 g/mol. The van der Waals surface area contributed by atoms with Crippen LogP contribution in [-0.2, 0) is 0 Å². The minimum absolute atomic E-state index is 0.328. The maximum atomic E-state index is 5.96. The van der Waals surface area contributed by atoms with Crippen molar-refractivity contribution in [3.05, 3.63) is 47.9 Å². The van der Waals surface area contributed by atoms with E-state index in [1.807, 2.05) is 12.1 Å². The molecule has 0 saturated heterocycles. The smallest absolute Gasteiger partial charge is 0.261 e. The first-order valence-corrected chi connectivity index (χ1v) is 5.58. The van der Waals surface area contributed by atoms with Gasteiger partial charge >= 0.3 is 0 Å². The molecular weight excluding hydrogens is 252 g/mol. The van der Waals surface area contributed by atoms with Gasteiger partial charge in [-0.15, -0.1) is 0 Å². The van der Waals surface area contributed by atoms with Crippen molar-refractivity contribution in [1.82, 2.24) is 20.1 Å². The average Bonchev–Trinajstić information content (AvgIpc) is 2.90. The lowest BCUT2D eigenvalue weighted by Gasteiger charge is -1.94. The lowest BCUT2D eigenvalue weighted by molar-refractivity contribution is 0.432. The van der Waals surface area contributed by atoms with Gasteiger partial charge in [0.2, 0.25) is 5.82 Å². The van der Waals surface area contributed by atoms with E-state index in [2.05, 4.69) is 20.1 Å². The first-order valence-electron chi connectivity index (χ1n) is 5.20. The standard InChI is InChI=1S/C12H7ClN4O/c13-10-8(4-3-7-15-10)12-16-11(17-18-12)9-5-1-2-6-14-9/h1-7H. The average molecular weight is 259 g/mol. The van der Waals surface area contributed by atoms with Crippen molar-refractivity contribution in [2.24, 2.45) is 0 Å². The second-order valence-electron chi connectivity index (χ2n) is 3.48. The third-order valence-corrected chi connectivity index (χ3v) is 2.61. The molecule has 0 amide bonds. The van der Waals surface area contributed by atoms with Crippen LogP contribution in [0, 0.1) is 0 Å².